The molecule has 0 saturated heterocycles. The van der Waals surface area contributed by atoms with Crippen molar-refractivity contribution in [2.75, 3.05) is 11.3 Å². The summed E-state index contributed by atoms with van der Waals surface area (Å²) in [5, 5.41) is 12.2. The predicted octanol–water partition coefficient (Wildman–Crippen LogP) is 4.60. The average Bonchev–Trinajstić information content (AvgIpc) is 3.21. The van der Waals surface area contributed by atoms with Crippen molar-refractivity contribution in [2.45, 2.75) is 4.21 Å². The summed E-state index contributed by atoms with van der Waals surface area (Å²) in [7, 11) is -3.80. The van der Waals surface area contributed by atoms with Crippen LogP contribution in [-0.2, 0) is 14.8 Å². The van der Waals surface area contributed by atoms with Crippen molar-refractivity contribution in [1.82, 2.24) is 0 Å². The molecule has 0 unspecified atom stereocenters. The highest BCUT2D eigenvalue weighted by atomic mass is 35.5. The predicted molar refractivity (Wildman–Crippen MR) is 114 cm³/mol. The third-order valence-electron chi connectivity index (χ3n) is 3.80. The third kappa shape index (κ3) is 5.11. The van der Waals surface area contributed by atoms with Gasteiger partial charge in [-0.15, -0.1) is 11.3 Å². The number of nitrogens with one attached hydrogen (secondary N) is 1. The van der Waals surface area contributed by atoms with Crippen LogP contribution >= 0.6 is 34.5 Å². The summed E-state index contributed by atoms with van der Waals surface area (Å²) in [4.78, 5) is 24.4. The zero-order valence-corrected chi connectivity index (χ0v) is 18.1. The van der Waals surface area contributed by atoms with Crippen LogP contribution in [0.1, 0.15) is 20.7 Å². The van der Waals surface area contributed by atoms with Gasteiger partial charge in [0.2, 0.25) is 5.78 Å². The number of ether oxygens (including phenoxy) is 1. The van der Waals surface area contributed by atoms with Gasteiger partial charge in [0.25, 0.3) is 10.0 Å². The lowest BCUT2D eigenvalue weighted by Gasteiger charge is -2.10. The van der Waals surface area contributed by atoms with Gasteiger partial charge in [0.1, 0.15) is 15.5 Å². The van der Waals surface area contributed by atoms with Crippen LogP contribution in [0.2, 0.25) is 10.0 Å². The van der Waals surface area contributed by atoms with E-state index in [1.807, 2.05) is 0 Å². The first-order valence-corrected chi connectivity index (χ1v) is 11.3. The second kappa shape index (κ2) is 9.05. The van der Waals surface area contributed by atoms with Crippen molar-refractivity contribution in [2.24, 2.45) is 0 Å². The maximum Gasteiger partial charge on any atom is 0.342 e. The molecule has 0 spiro atoms. The number of rotatable bonds is 7. The lowest BCUT2D eigenvalue weighted by molar-refractivity contribution is 0.0472. The van der Waals surface area contributed by atoms with E-state index in [0.717, 1.165) is 17.4 Å². The second-order valence-corrected chi connectivity index (χ2v) is 9.59. The number of carbonyl (C=O) groups is 2. The Morgan fingerprint density at radius 1 is 1.07 bits per heavy atom. The van der Waals surface area contributed by atoms with Gasteiger partial charge < -0.3 is 9.84 Å². The van der Waals surface area contributed by atoms with Gasteiger partial charge in [0.15, 0.2) is 6.61 Å². The summed E-state index contributed by atoms with van der Waals surface area (Å²) < 4.78 is 31.8. The smallest absolute Gasteiger partial charge is 0.342 e. The van der Waals surface area contributed by atoms with Crippen molar-refractivity contribution in [3.63, 3.8) is 0 Å². The number of anilines is 1. The Kier molecular flexibility index (Phi) is 6.67. The highest BCUT2D eigenvalue weighted by molar-refractivity contribution is 7.94. The van der Waals surface area contributed by atoms with Gasteiger partial charge in [-0.3, -0.25) is 9.52 Å². The van der Waals surface area contributed by atoms with Crippen LogP contribution in [0.15, 0.2) is 58.1 Å². The minimum absolute atomic E-state index is 0.0569. The minimum Gasteiger partial charge on any atom is -0.507 e. The van der Waals surface area contributed by atoms with E-state index in [2.05, 4.69) is 4.72 Å². The Morgan fingerprint density at radius 3 is 2.43 bits per heavy atom. The molecule has 3 aromatic rings. The maximum atomic E-state index is 12.2. The number of sulfonamides is 1. The number of phenolic OH excluding ortho intramolecular Hbond substituents is 1. The fourth-order valence-corrected chi connectivity index (χ4v) is 4.95. The van der Waals surface area contributed by atoms with Gasteiger partial charge in [-0.1, -0.05) is 29.3 Å². The quantitative estimate of drug-likeness (QED) is 0.373. The largest absolute Gasteiger partial charge is 0.507 e. The molecule has 156 valence electrons. The third-order valence-corrected chi connectivity index (χ3v) is 7.12. The van der Waals surface area contributed by atoms with Crippen LogP contribution in [0.5, 0.6) is 5.75 Å². The summed E-state index contributed by atoms with van der Waals surface area (Å²) in [6, 6.07) is 10.8. The highest BCUT2D eigenvalue weighted by Gasteiger charge is 2.19. The van der Waals surface area contributed by atoms with Crippen molar-refractivity contribution in [3.05, 3.63) is 75.1 Å². The fraction of sp³-hybridized carbons (Fsp3) is 0.0526. The van der Waals surface area contributed by atoms with Gasteiger partial charge in [0, 0.05) is 16.7 Å². The van der Waals surface area contributed by atoms with E-state index in [4.69, 9.17) is 27.9 Å². The molecule has 0 fully saturated rings. The molecule has 11 heteroatoms. The summed E-state index contributed by atoms with van der Waals surface area (Å²) in [6.07, 6.45) is 0. The van der Waals surface area contributed by atoms with Crippen LogP contribution in [0, 0.1) is 0 Å². The Hall–Kier alpha value is -2.59. The number of carbonyl (C=O) groups excluding carboxylic acids is 2. The molecule has 2 N–H and O–H groups in total. The van der Waals surface area contributed by atoms with E-state index in [1.54, 1.807) is 11.4 Å². The molecule has 0 aliphatic rings. The molecule has 3 rings (SSSR count). The number of aromatic hydroxyl groups is 1. The van der Waals surface area contributed by atoms with Crippen LogP contribution in [-0.4, -0.2) is 31.9 Å². The summed E-state index contributed by atoms with van der Waals surface area (Å²) in [5.74, 6) is -2.02. The van der Waals surface area contributed by atoms with Gasteiger partial charge in [0.05, 0.1) is 10.7 Å². The normalized spacial score (nSPS) is 11.1. The molecular formula is C19H13Cl2NO6S2. The van der Waals surface area contributed by atoms with Gasteiger partial charge in [-0.2, -0.15) is 0 Å². The van der Waals surface area contributed by atoms with Crippen LogP contribution < -0.4 is 4.72 Å². The highest BCUT2D eigenvalue weighted by Crippen LogP contribution is 2.26. The van der Waals surface area contributed by atoms with Crippen molar-refractivity contribution >= 4 is 62.0 Å². The molecule has 0 radical (unpaired) electrons. The summed E-state index contributed by atoms with van der Waals surface area (Å²) in [5.41, 5.74) is -0.0398. The van der Waals surface area contributed by atoms with Crippen LogP contribution in [0.3, 0.4) is 0 Å². The number of hydrogen-bond acceptors (Lipinski definition) is 7. The zero-order chi connectivity index (χ0) is 21.9. The van der Waals surface area contributed by atoms with Crippen LogP contribution in [0.4, 0.5) is 5.69 Å². The monoisotopic (exact) mass is 485 g/mol. The molecule has 1 heterocycles. The van der Waals surface area contributed by atoms with E-state index in [-0.39, 0.29) is 26.0 Å². The van der Waals surface area contributed by atoms with Crippen molar-refractivity contribution in [1.29, 1.82) is 0 Å². The fourth-order valence-electron chi connectivity index (χ4n) is 2.39. The van der Waals surface area contributed by atoms with Gasteiger partial charge in [-0.05, 0) is 41.8 Å². The molecule has 0 saturated carbocycles. The first-order chi connectivity index (χ1) is 14.2. The number of hydrogen-bond donors (Lipinski definition) is 2. The Bertz CT molecular complexity index is 1210. The molecule has 0 aliphatic heterocycles. The molecule has 2 aromatic carbocycles. The number of phenols is 1. The SMILES string of the molecule is O=C(OCC(=O)c1ccc(Cl)cc1Cl)c1ccc(NS(=O)(=O)c2cccs2)cc1O. The number of ketones is 1. The van der Waals surface area contributed by atoms with E-state index in [1.165, 1.54) is 36.4 Å². The van der Waals surface area contributed by atoms with E-state index >= 15 is 0 Å². The van der Waals surface area contributed by atoms with E-state index in [0.29, 0.717) is 5.02 Å². The molecule has 1 aromatic heterocycles. The first-order valence-electron chi connectivity index (χ1n) is 8.22. The van der Waals surface area contributed by atoms with Crippen molar-refractivity contribution in [3.8, 4) is 5.75 Å². The average molecular weight is 486 g/mol. The van der Waals surface area contributed by atoms with Crippen LogP contribution in [0.25, 0.3) is 0 Å². The maximum absolute atomic E-state index is 12.2. The molecule has 0 atom stereocenters. The molecule has 0 aliphatic carbocycles. The number of esters is 1. The standard InChI is InChI=1S/C19H13Cl2NO6S2/c20-11-3-5-13(15(21)8-11)17(24)10-28-19(25)14-6-4-12(9-16(14)23)22-30(26,27)18-2-1-7-29-18/h1-9,22-23H,10H2. The number of Topliss-reactive ketones (excluding diaryl/α,β-unsaturated/α-hetero) is 1. The lowest BCUT2D eigenvalue weighted by atomic mass is 10.1. The van der Waals surface area contributed by atoms with E-state index in [9.17, 15) is 23.1 Å². The first kappa shape index (κ1) is 22.1. The Balaban J connectivity index is 1.67. The Morgan fingerprint density at radius 2 is 1.80 bits per heavy atom. The molecule has 7 nitrogen and oxygen atoms in total. The number of benzene rings is 2. The van der Waals surface area contributed by atoms with Gasteiger partial charge >= 0.3 is 5.97 Å². The summed E-state index contributed by atoms with van der Waals surface area (Å²) in [6.45, 7) is -0.605. The molecular weight excluding hydrogens is 473 g/mol. The Labute approximate surface area is 185 Å². The van der Waals surface area contributed by atoms with Gasteiger partial charge in [-0.25, -0.2) is 13.2 Å². The topological polar surface area (TPSA) is 110 Å². The summed E-state index contributed by atoms with van der Waals surface area (Å²) >= 11 is 12.8. The lowest BCUT2D eigenvalue weighted by Crippen LogP contribution is -2.15. The molecule has 30 heavy (non-hydrogen) atoms. The number of thiophene rings is 1. The molecule has 0 amide bonds. The zero-order valence-electron chi connectivity index (χ0n) is 15.0. The molecule has 0 bridgehead atoms. The van der Waals surface area contributed by atoms with E-state index < -0.39 is 34.1 Å². The number of halogens is 2. The minimum atomic E-state index is -3.80. The second-order valence-electron chi connectivity index (χ2n) is 5.89. The van der Waals surface area contributed by atoms with Crippen molar-refractivity contribution < 1.29 is 27.9 Å².